The number of aliphatic carboxylic acids is 1. The molecule has 0 spiro atoms. The van der Waals surface area contributed by atoms with Crippen LogP contribution in [0.2, 0.25) is 0 Å². The van der Waals surface area contributed by atoms with Gasteiger partial charge in [0.15, 0.2) is 29.5 Å². The first-order valence-electron chi connectivity index (χ1n) is 14.6. The number of aliphatic hydroxyl groups is 5. The Kier molecular flexibility index (Phi) is 12.5. The van der Waals surface area contributed by atoms with Gasteiger partial charge in [0.2, 0.25) is 0 Å². The summed E-state index contributed by atoms with van der Waals surface area (Å²) in [5.74, 6) is -6.55. The summed E-state index contributed by atoms with van der Waals surface area (Å²) in [6, 6.07) is 0. The molecule has 19 heteroatoms. The van der Waals surface area contributed by atoms with Gasteiger partial charge in [0.05, 0.1) is 29.9 Å². The fourth-order valence-corrected chi connectivity index (χ4v) is 6.02. The lowest BCUT2D eigenvalue weighted by Gasteiger charge is -2.51. The highest BCUT2D eigenvalue weighted by Crippen LogP contribution is 2.42. The predicted molar refractivity (Wildman–Crippen MR) is 161 cm³/mol. The van der Waals surface area contributed by atoms with E-state index in [2.05, 4.69) is 17.2 Å². The maximum atomic E-state index is 13.2. The SMILES string of the molecule is CC=C(N=C=S)C(=O)OC1C(COC(C)=O)OC(C2(O)CC(=O)C(=N)C(C(=O)O)=C2O)C(O)C1OC1CC(OC)C(O)(C(C)O)C(C)O1. The van der Waals surface area contributed by atoms with Crippen molar-refractivity contribution in [3.63, 3.8) is 0 Å². The van der Waals surface area contributed by atoms with Gasteiger partial charge in [-0.05, 0) is 33.0 Å². The van der Waals surface area contributed by atoms with Gasteiger partial charge < -0.3 is 59.1 Å². The number of nitrogens with zero attached hydrogens (tertiary/aromatic N) is 1. The Bertz CT molecular complexity index is 1430. The smallest absolute Gasteiger partial charge is 0.357 e. The maximum Gasteiger partial charge on any atom is 0.357 e. The number of carboxylic acids is 1. The standard InChI is InChI=1S/C29H38N2O16S/c1-6-14(31-10-48)27(39)47-22-16(9-43-13(4)33)45-25(28(40)8-15(34)20(30)19(24(28)36)26(37)38)21(35)23(22)46-18-7-17(42-5)29(41,11(2)32)12(3)44-18/h6,11-12,16-18,21-23,25,30,32,35-36,40-41H,7-9H2,1-5H3,(H,37,38). The molecule has 3 rings (SSSR count). The minimum atomic E-state index is -3.00. The third kappa shape index (κ3) is 7.40. The topological polar surface area (TPSA) is 281 Å². The van der Waals surface area contributed by atoms with E-state index in [0.717, 1.165) is 6.92 Å². The summed E-state index contributed by atoms with van der Waals surface area (Å²) in [7, 11) is 1.25. The van der Waals surface area contributed by atoms with Crippen LogP contribution in [0.25, 0.3) is 0 Å². The number of carbonyl (C=O) groups is 4. The maximum absolute atomic E-state index is 13.2. The zero-order valence-corrected chi connectivity index (χ0v) is 27.3. The van der Waals surface area contributed by atoms with Crippen LogP contribution >= 0.6 is 12.2 Å². The molecule has 0 aromatic heterocycles. The lowest BCUT2D eigenvalue weighted by Crippen LogP contribution is -2.70. The highest BCUT2D eigenvalue weighted by Gasteiger charge is 2.61. The third-order valence-corrected chi connectivity index (χ3v) is 8.57. The van der Waals surface area contributed by atoms with E-state index < -0.39 is 120 Å². The first-order chi connectivity index (χ1) is 22.4. The molecule has 11 atom stereocenters. The van der Waals surface area contributed by atoms with Crippen LogP contribution in [0.15, 0.2) is 28.1 Å². The number of carboxylic acid groups (broad SMARTS) is 1. The number of hydrogen-bond donors (Lipinski definition) is 7. The average molecular weight is 703 g/mol. The Hall–Kier alpha value is -3.49. The van der Waals surface area contributed by atoms with Crippen LogP contribution in [0.5, 0.6) is 0 Å². The molecule has 2 fully saturated rings. The lowest BCUT2D eigenvalue weighted by atomic mass is 9.74. The van der Waals surface area contributed by atoms with E-state index in [9.17, 15) is 49.8 Å². The normalized spacial score (nSPS) is 36.6. The van der Waals surface area contributed by atoms with Crippen molar-refractivity contribution >= 4 is 46.8 Å². The molecule has 2 heterocycles. The van der Waals surface area contributed by atoms with E-state index in [-0.39, 0.29) is 12.1 Å². The van der Waals surface area contributed by atoms with Crippen molar-refractivity contribution in [1.29, 1.82) is 5.41 Å². The first-order valence-corrected chi connectivity index (χ1v) is 15.0. The van der Waals surface area contributed by atoms with Gasteiger partial charge in [0, 0.05) is 20.5 Å². The Morgan fingerprint density at radius 3 is 2.42 bits per heavy atom. The first kappa shape index (κ1) is 39.0. The van der Waals surface area contributed by atoms with Gasteiger partial charge in [-0.15, -0.1) is 0 Å². The van der Waals surface area contributed by atoms with Gasteiger partial charge in [-0.3, -0.25) is 15.0 Å². The molecule has 1 aliphatic carbocycles. The van der Waals surface area contributed by atoms with Crippen LogP contribution in [0.4, 0.5) is 0 Å². The Balaban J connectivity index is 2.17. The highest BCUT2D eigenvalue weighted by molar-refractivity contribution is 7.78. The van der Waals surface area contributed by atoms with Crippen molar-refractivity contribution in [3.05, 3.63) is 23.1 Å². The molecular formula is C29H38N2O16S. The van der Waals surface area contributed by atoms with Gasteiger partial charge in [0.25, 0.3) is 0 Å². The molecule has 3 aliphatic rings. The quantitative estimate of drug-likeness (QED) is 0.0580. The number of hydrogen-bond acceptors (Lipinski definition) is 18. The Morgan fingerprint density at radius 2 is 1.90 bits per heavy atom. The Labute approximate surface area is 279 Å². The van der Waals surface area contributed by atoms with Gasteiger partial charge in [-0.2, -0.15) is 4.99 Å². The zero-order chi connectivity index (χ0) is 36.3. The molecular weight excluding hydrogens is 664 g/mol. The molecule has 0 bridgehead atoms. The summed E-state index contributed by atoms with van der Waals surface area (Å²) in [5, 5.41) is 75.3. The number of thiocarbonyl (C=S) groups is 1. The van der Waals surface area contributed by atoms with Crippen LogP contribution in [0.1, 0.15) is 40.5 Å². The monoisotopic (exact) mass is 702 g/mol. The third-order valence-electron chi connectivity index (χ3n) is 8.48. The molecule has 2 aliphatic heterocycles. The number of aliphatic imine (C=N–C) groups is 1. The number of allylic oxidation sites excluding steroid dienone is 1. The fourth-order valence-electron chi connectivity index (χ4n) is 5.92. The summed E-state index contributed by atoms with van der Waals surface area (Å²) >= 11 is 4.57. The zero-order valence-electron chi connectivity index (χ0n) is 26.5. The number of ketones is 1. The van der Waals surface area contributed by atoms with Gasteiger partial charge in [-0.1, -0.05) is 6.08 Å². The number of rotatable bonds is 11. The minimum absolute atomic E-state index is 0.296. The Morgan fingerprint density at radius 1 is 1.25 bits per heavy atom. The summed E-state index contributed by atoms with van der Waals surface area (Å²) in [6.45, 7) is 4.44. The largest absolute Gasteiger partial charge is 0.508 e. The van der Waals surface area contributed by atoms with Crippen LogP contribution in [0, 0.1) is 5.41 Å². The number of Topliss-reactive ketones (excluding diaryl/α,β-unsaturated/α-hetero) is 1. The molecule has 2 saturated heterocycles. The van der Waals surface area contributed by atoms with Gasteiger partial charge in [0.1, 0.15) is 53.7 Å². The van der Waals surface area contributed by atoms with E-state index in [1.54, 1.807) is 0 Å². The molecule has 0 amide bonds. The molecule has 0 aromatic rings. The summed E-state index contributed by atoms with van der Waals surface area (Å²) < 4.78 is 33.8. The number of esters is 2. The minimum Gasteiger partial charge on any atom is -0.508 e. The molecule has 0 radical (unpaired) electrons. The van der Waals surface area contributed by atoms with Crippen molar-refractivity contribution in [1.82, 2.24) is 0 Å². The number of ether oxygens (including phenoxy) is 6. The number of isothiocyanates is 1. The van der Waals surface area contributed by atoms with Crippen molar-refractivity contribution in [2.45, 2.75) is 107 Å². The molecule has 0 aromatic carbocycles. The van der Waals surface area contributed by atoms with Crippen LogP contribution < -0.4 is 0 Å². The molecule has 7 N–H and O–H groups in total. The molecule has 11 unspecified atom stereocenters. The van der Waals surface area contributed by atoms with Crippen molar-refractivity contribution < 1.29 is 78.2 Å². The van der Waals surface area contributed by atoms with E-state index in [1.807, 2.05) is 5.16 Å². The van der Waals surface area contributed by atoms with Crippen LogP contribution in [0.3, 0.4) is 0 Å². The summed E-state index contributed by atoms with van der Waals surface area (Å²) in [4.78, 5) is 53.2. The second-order valence-electron chi connectivity index (χ2n) is 11.4. The van der Waals surface area contributed by atoms with Crippen LogP contribution in [-0.2, 0) is 47.6 Å². The number of aliphatic hydroxyl groups excluding tert-OH is 3. The lowest BCUT2D eigenvalue weighted by molar-refractivity contribution is -0.344. The van der Waals surface area contributed by atoms with E-state index in [4.69, 9.17) is 33.8 Å². The molecule has 18 nitrogen and oxygen atoms in total. The van der Waals surface area contributed by atoms with E-state index in [1.165, 1.54) is 34.0 Å². The molecule has 48 heavy (non-hydrogen) atoms. The number of methoxy groups -OCH3 is 1. The predicted octanol–water partition coefficient (Wildman–Crippen LogP) is -1.14. The summed E-state index contributed by atoms with van der Waals surface area (Å²) in [6.07, 6.45) is -14.9. The average Bonchev–Trinajstić information content (AvgIpc) is 3.01. The van der Waals surface area contributed by atoms with Crippen LogP contribution in [-0.4, -0.2) is 145 Å². The van der Waals surface area contributed by atoms with Gasteiger partial charge in [-0.25, -0.2) is 9.59 Å². The summed E-state index contributed by atoms with van der Waals surface area (Å²) in [5.41, 5.74) is -7.66. The number of carbonyl (C=O) groups excluding carboxylic acids is 3. The van der Waals surface area contributed by atoms with Gasteiger partial charge >= 0.3 is 17.9 Å². The second kappa shape index (κ2) is 15.4. The van der Waals surface area contributed by atoms with Crippen molar-refractivity contribution in [2.24, 2.45) is 4.99 Å². The fraction of sp³-hybridized carbons (Fsp3) is 0.655. The van der Waals surface area contributed by atoms with Crippen molar-refractivity contribution in [2.75, 3.05) is 13.7 Å². The second-order valence-corrected chi connectivity index (χ2v) is 11.6. The number of nitrogens with one attached hydrogen (secondary N) is 1. The molecule has 0 saturated carbocycles. The van der Waals surface area contributed by atoms with E-state index >= 15 is 0 Å². The van der Waals surface area contributed by atoms with E-state index in [0.29, 0.717) is 0 Å². The molecule has 266 valence electrons. The van der Waals surface area contributed by atoms with Crippen molar-refractivity contribution in [3.8, 4) is 0 Å². The highest BCUT2D eigenvalue weighted by atomic mass is 32.1.